The lowest BCUT2D eigenvalue weighted by Crippen LogP contribution is -2.32. The van der Waals surface area contributed by atoms with Gasteiger partial charge in [-0.3, -0.25) is 19.8 Å². The van der Waals surface area contributed by atoms with Crippen molar-refractivity contribution in [3.8, 4) is 68.5 Å². The standard InChI is InChI=1S/C22H25N3O4.C21H23N3O4/c1-5-28-21-23-19(24-25-21)17-8-6-15(7-9-17)16-10-12-18(13-11-16)29-14-22(2,3)20(26)27-4;1-4-27-20-22-18(23-24-20)16-7-5-14(6-8-16)15-9-11-17(12-10-15)28-13-21(2,3)19(25)26/h6-13H,5,14H2,1-4H3,(H,23,24,25);5-12H,4,13H2,1-3H3,(H,25,26)(H,22,23,24). The third-order valence-corrected chi connectivity index (χ3v) is 8.68. The third-order valence-electron chi connectivity index (χ3n) is 8.68. The molecule has 14 heteroatoms. The number of hydrogen-bond donors (Lipinski definition) is 3. The van der Waals surface area contributed by atoms with E-state index in [0.29, 0.717) is 48.4 Å². The lowest BCUT2D eigenvalue weighted by molar-refractivity contribution is -0.152. The number of aromatic nitrogens is 6. The van der Waals surface area contributed by atoms with Gasteiger partial charge in [-0.1, -0.05) is 72.8 Å². The first-order valence-electron chi connectivity index (χ1n) is 18.4. The van der Waals surface area contributed by atoms with Crippen molar-refractivity contribution in [2.75, 3.05) is 33.5 Å². The van der Waals surface area contributed by atoms with Crippen LogP contribution in [0.5, 0.6) is 23.5 Å². The first-order valence-corrected chi connectivity index (χ1v) is 18.4. The van der Waals surface area contributed by atoms with Gasteiger partial charge in [0.2, 0.25) is 0 Å². The van der Waals surface area contributed by atoms with Crippen LogP contribution in [-0.4, -0.2) is 80.9 Å². The highest BCUT2D eigenvalue weighted by molar-refractivity contribution is 5.76. The Morgan fingerprint density at radius 2 is 0.877 bits per heavy atom. The number of aliphatic carboxylic acids is 1. The number of nitrogens with one attached hydrogen (secondary N) is 2. The molecule has 0 saturated heterocycles. The molecule has 14 nitrogen and oxygen atoms in total. The van der Waals surface area contributed by atoms with Crippen molar-refractivity contribution in [3.63, 3.8) is 0 Å². The maximum absolute atomic E-state index is 11.7. The predicted molar refractivity (Wildman–Crippen MR) is 215 cm³/mol. The number of carboxylic acid groups (broad SMARTS) is 1. The molecule has 0 radical (unpaired) electrons. The molecule has 0 aliphatic carbocycles. The van der Waals surface area contributed by atoms with E-state index in [2.05, 4.69) is 30.4 Å². The Balaban J connectivity index is 0.000000218. The molecular weight excluding hydrogens is 729 g/mol. The summed E-state index contributed by atoms with van der Waals surface area (Å²) in [6.07, 6.45) is 0. The Morgan fingerprint density at radius 3 is 1.21 bits per heavy atom. The van der Waals surface area contributed by atoms with Gasteiger partial charge in [-0.2, -0.15) is 9.97 Å². The number of rotatable bonds is 16. The zero-order valence-electron chi connectivity index (χ0n) is 33.2. The Bertz CT molecular complexity index is 2190. The maximum Gasteiger partial charge on any atom is 0.335 e. The van der Waals surface area contributed by atoms with E-state index in [9.17, 15) is 9.59 Å². The number of benzene rings is 4. The largest absolute Gasteiger partial charge is 0.492 e. The molecule has 4 aromatic carbocycles. The number of hydrogen-bond acceptors (Lipinski definition) is 11. The van der Waals surface area contributed by atoms with Crippen LogP contribution >= 0.6 is 0 Å². The fourth-order valence-electron chi connectivity index (χ4n) is 5.19. The van der Waals surface area contributed by atoms with Crippen molar-refractivity contribution >= 4 is 11.9 Å². The number of esters is 1. The van der Waals surface area contributed by atoms with Crippen LogP contribution in [0.1, 0.15) is 41.5 Å². The first kappa shape index (κ1) is 41.5. The van der Waals surface area contributed by atoms with Crippen molar-refractivity contribution in [3.05, 3.63) is 97.1 Å². The van der Waals surface area contributed by atoms with Gasteiger partial charge < -0.3 is 28.8 Å². The van der Waals surface area contributed by atoms with Crippen molar-refractivity contribution in [1.82, 2.24) is 30.4 Å². The van der Waals surface area contributed by atoms with Gasteiger partial charge >= 0.3 is 24.0 Å². The molecule has 2 heterocycles. The number of aromatic amines is 2. The molecule has 0 saturated carbocycles. The highest BCUT2D eigenvalue weighted by Gasteiger charge is 2.30. The van der Waals surface area contributed by atoms with Crippen molar-refractivity contribution < 1.29 is 38.4 Å². The summed E-state index contributed by atoms with van der Waals surface area (Å²) in [7, 11) is 1.38. The molecule has 0 amide bonds. The monoisotopic (exact) mass is 776 g/mol. The summed E-state index contributed by atoms with van der Waals surface area (Å²) in [4.78, 5) is 31.5. The van der Waals surface area contributed by atoms with Crippen LogP contribution in [-0.2, 0) is 14.3 Å². The summed E-state index contributed by atoms with van der Waals surface area (Å²) in [5, 5.41) is 22.9. The molecule has 0 bridgehead atoms. The Labute approximate surface area is 331 Å². The molecule has 57 heavy (non-hydrogen) atoms. The number of nitrogens with zero attached hydrogens (tertiary/aromatic N) is 4. The second kappa shape index (κ2) is 18.8. The summed E-state index contributed by atoms with van der Waals surface area (Å²) in [6.45, 7) is 12.0. The molecule has 6 rings (SSSR count). The van der Waals surface area contributed by atoms with Crippen molar-refractivity contribution in [2.24, 2.45) is 10.8 Å². The summed E-state index contributed by atoms with van der Waals surface area (Å²) in [5.74, 6) is 1.47. The van der Waals surface area contributed by atoms with Crippen LogP contribution in [0.3, 0.4) is 0 Å². The van der Waals surface area contributed by atoms with Gasteiger partial charge in [0, 0.05) is 11.1 Å². The van der Waals surface area contributed by atoms with E-state index in [1.807, 2.05) is 111 Å². The van der Waals surface area contributed by atoms with Gasteiger partial charge in [0.25, 0.3) is 0 Å². The van der Waals surface area contributed by atoms with E-state index < -0.39 is 16.8 Å². The van der Waals surface area contributed by atoms with Crippen molar-refractivity contribution in [1.29, 1.82) is 0 Å². The van der Waals surface area contributed by atoms with E-state index in [1.165, 1.54) is 7.11 Å². The third kappa shape index (κ3) is 11.2. The van der Waals surface area contributed by atoms with Gasteiger partial charge in [0.15, 0.2) is 11.6 Å². The highest BCUT2D eigenvalue weighted by atomic mass is 16.5. The van der Waals surface area contributed by atoms with Crippen LogP contribution in [0.25, 0.3) is 45.0 Å². The molecule has 0 fully saturated rings. The molecule has 2 aromatic heterocycles. The normalized spacial score (nSPS) is 11.2. The minimum Gasteiger partial charge on any atom is -0.492 e. The van der Waals surface area contributed by atoms with Gasteiger partial charge in [-0.15, -0.1) is 10.2 Å². The SMILES string of the molecule is CCOc1n[nH]c(-c2ccc(-c3ccc(OCC(C)(C)C(=O)O)cc3)cc2)n1.CCOc1n[nH]c(-c2ccc(-c3ccc(OCC(C)(C)C(=O)OC)cc3)cc2)n1. The number of H-pyrrole nitrogens is 2. The smallest absolute Gasteiger partial charge is 0.335 e. The van der Waals surface area contributed by atoms with E-state index in [1.54, 1.807) is 27.7 Å². The van der Waals surface area contributed by atoms with Gasteiger partial charge in [-0.25, -0.2) is 0 Å². The zero-order valence-corrected chi connectivity index (χ0v) is 33.2. The van der Waals surface area contributed by atoms with E-state index in [-0.39, 0.29) is 19.2 Å². The van der Waals surface area contributed by atoms with E-state index in [4.69, 9.17) is 28.8 Å². The second-order valence-corrected chi connectivity index (χ2v) is 14.1. The molecule has 0 spiro atoms. The van der Waals surface area contributed by atoms with Crippen LogP contribution in [0.2, 0.25) is 0 Å². The molecule has 0 atom stereocenters. The summed E-state index contributed by atoms with van der Waals surface area (Å²) in [6, 6.07) is 31.9. The summed E-state index contributed by atoms with van der Waals surface area (Å²) < 4.78 is 26.7. The number of carbonyl (C=O) groups is 2. The van der Waals surface area contributed by atoms with Crippen LogP contribution in [0.4, 0.5) is 0 Å². The van der Waals surface area contributed by atoms with E-state index in [0.717, 1.165) is 33.4 Å². The Morgan fingerprint density at radius 1 is 0.544 bits per heavy atom. The number of methoxy groups -OCH3 is 1. The summed E-state index contributed by atoms with van der Waals surface area (Å²) in [5.41, 5.74) is 4.41. The minimum atomic E-state index is -0.933. The average Bonchev–Trinajstić information content (AvgIpc) is 3.90. The van der Waals surface area contributed by atoms with Gasteiger partial charge in [-0.05, 0) is 88.1 Å². The number of carbonyl (C=O) groups excluding carboxylic acids is 1. The fourth-order valence-corrected chi connectivity index (χ4v) is 5.19. The molecular formula is C43H48N6O8. The number of carboxylic acids is 1. The van der Waals surface area contributed by atoms with Crippen LogP contribution in [0, 0.1) is 10.8 Å². The lowest BCUT2D eigenvalue weighted by atomic mass is 9.95. The molecule has 0 aliphatic rings. The van der Waals surface area contributed by atoms with Gasteiger partial charge in [0.05, 0.1) is 31.2 Å². The fraction of sp³-hybridized carbons (Fsp3) is 0.302. The lowest BCUT2D eigenvalue weighted by Gasteiger charge is -2.21. The average molecular weight is 777 g/mol. The molecule has 0 aliphatic heterocycles. The number of ether oxygens (including phenoxy) is 5. The van der Waals surface area contributed by atoms with Crippen LogP contribution in [0.15, 0.2) is 97.1 Å². The van der Waals surface area contributed by atoms with Crippen molar-refractivity contribution in [2.45, 2.75) is 41.5 Å². The quantitative estimate of drug-likeness (QED) is 0.0803. The first-order chi connectivity index (χ1) is 27.3. The molecule has 3 N–H and O–H groups in total. The maximum atomic E-state index is 11.7. The topological polar surface area (TPSA) is 184 Å². The highest BCUT2D eigenvalue weighted by Crippen LogP contribution is 2.28. The second-order valence-electron chi connectivity index (χ2n) is 14.1. The molecule has 0 unspecified atom stereocenters. The van der Waals surface area contributed by atoms with Gasteiger partial charge in [0.1, 0.15) is 24.7 Å². The Hall–Kier alpha value is -6.70. The predicted octanol–water partition coefficient (Wildman–Crippen LogP) is 8.14. The zero-order chi connectivity index (χ0) is 41.0. The Kier molecular flexibility index (Phi) is 13.6. The minimum absolute atomic E-state index is 0.108. The van der Waals surface area contributed by atoms with Crippen LogP contribution < -0.4 is 18.9 Å². The summed E-state index contributed by atoms with van der Waals surface area (Å²) >= 11 is 0. The van der Waals surface area contributed by atoms with E-state index >= 15 is 0 Å². The molecule has 6 aromatic rings. The molecule has 298 valence electrons.